The minimum absolute atomic E-state index is 0. The van der Waals surface area contributed by atoms with Crippen molar-refractivity contribution in [2.75, 3.05) is 13.1 Å². The number of rotatable bonds is 3. The van der Waals surface area contributed by atoms with Gasteiger partial charge in [0, 0.05) is 13.1 Å². The molecular weight excluding hydrogens is 166 g/mol. The second-order valence-electron chi connectivity index (χ2n) is 1.80. The van der Waals surface area contributed by atoms with Gasteiger partial charge in [-0.05, 0) is 13.8 Å². The molecule has 3 N–H and O–H groups in total. The van der Waals surface area contributed by atoms with E-state index >= 15 is 0 Å². The fourth-order valence-electron chi connectivity index (χ4n) is 0.509. The van der Waals surface area contributed by atoms with Crippen LogP contribution in [0.15, 0.2) is 0 Å². The van der Waals surface area contributed by atoms with Gasteiger partial charge in [-0.1, -0.05) is 0 Å². The van der Waals surface area contributed by atoms with Crippen LogP contribution in [0, 0.1) is 0 Å². The summed E-state index contributed by atoms with van der Waals surface area (Å²) in [5.41, 5.74) is 0. The normalized spacial score (nSPS) is 8.92. The molecule has 0 aliphatic rings. The first kappa shape index (κ1) is 13.4. The van der Waals surface area contributed by atoms with Gasteiger partial charge in [-0.15, -0.1) is 5.06 Å². The molecule has 0 aliphatic heterocycles. The van der Waals surface area contributed by atoms with Crippen molar-refractivity contribution in [3.63, 3.8) is 0 Å². The molecule has 72 valence electrons. The van der Waals surface area contributed by atoms with E-state index in [0.29, 0.717) is 13.1 Å². The smallest absolute Gasteiger partial charge is 0.436 e. The van der Waals surface area contributed by atoms with Gasteiger partial charge in [0.05, 0.1) is 0 Å². The van der Waals surface area contributed by atoms with E-state index in [1.807, 2.05) is 0 Å². The summed E-state index contributed by atoms with van der Waals surface area (Å²) in [6.07, 6.45) is 0. The number of carboxylic acids is 1. The maximum atomic E-state index is 10.4. The zero-order valence-corrected chi connectivity index (χ0v) is 7.03. The average Bonchev–Trinajstić information content (AvgIpc) is 1.99. The van der Waals surface area contributed by atoms with Crippen molar-refractivity contribution in [1.82, 2.24) is 5.06 Å². The Bertz CT molecular complexity index is 154. The number of aliphatic carboxylic acids is 1. The third-order valence-corrected chi connectivity index (χ3v) is 1.09. The van der Waals surface area contributed by atoms with E-state index in [-0.39, 0.29) is 5.48 Å². The molecule has 0 aromatic carbocycles. The van der Waals surface area contributed by atoms with Crippen LogP contribution in [0.25, 0.3) is 0 Å². The van der Waals surface area contributed by atoms with E-state index in [0.717, 1.165) is 0 Å². The van der Waals surface area contributed by atoms with Crippen LogP contribution in [-0.2, 0) is 14.4 Å². The number of hydrogen-bond donors (Lipinski definition) is 1. The van der Waals surface area contributed by atoms with Crippen LogP contribution in [0.3, 0.4) is 0 Å². The maximum Gasteiger partial charge on any atom is 0.436 e. The number of carbonyl (C=O) groups excluding carboxylic acids is 1. The summed E-state index contributed by atoms with van der Waals surface area (Å²) in [7, 11) is 0. The number of hydrogen-bond acceptors (Lipinski definition) is 4. The van der Waals surface area contributed by atoms with E-state index in [1.54, 1.807) is 13.8 Å². The van der Waals surface area contributed by atoms with Gasteiger partial charge in [-0.25, -0.2) is 9.59 Å². The highest BCUT2D eigenvalue weighted by molar-refractivity contribution is 6.28. The lowest BCUT2D eigenvalue weighted by molar-refractivity contribution is -0.196. The zero-order valence-electron chi connectivity index (χ0n) is 7.03. The highest BCUT2D eigenvalue weighted by Gasteiger charge is 2.15. The predicted molar refractivity (Wildman–Crippen MR) is 40.3 cm³/mol. The first-order valence-corrected chi connectivity index (χ1v) is 3.32. The van der Waals surface area contributed by atoms with Gasteiger partial charge < -0.3 is 15.4 Å². The van der Waals surface area contributed by atoms with Crippen molar-refractivity contribution in [2.24, 2.45) is 0 Å². The molecule has 0 bridgehead atoms. The van der Waals surface area contributed by atoms with Crippen molar-refractivity contribution >= 4 is 11.9 Å². The van der Waals surface area contributed by atoms with E-state index in [2.05, 4.69) is 4.84 Å². The standard InChI is InChI=1S/C6H11NO4.H2O/c1-3-7(4-2)11-6(10)5(8)9;/h3-4H2,1-2H3,(H,8,9);1H2. The number of hydroxylamine groups is 2. The average molecular weight is 179 g/mol. The summed E-state index contributed by atoms with van der Waals surface area (Å²) >= 11 is 0. The monoisotopic (exact) mass is 179 g/mol. The van der Waals surface area contributed by atoms with Crippen molar-refractivity contribution in [3.05, 3.63) is 0 Å². The van der Waals surface area contributed by atoms with Gasteiger partial charge in [0.2, 0.25) is 0 Å². The zero-order chi connectivity index (χ0) is 8.85. The van der Waals surface area contributed by atoms with Crippen LogP contribution in [0.1, 0.15) is 13.8 Å². The molecular formula is C6H13NO5. The third kappa shape index (κ3) is 4.64. The highest BCUT2D eigenvalue weighted by atomic mass is 16.7. The second kappa shape index (κ2) is 6.56. The van der Waals surface area contributed by atoms with Crippen LogP contribution in [-0.4, -0.2) is 40.7 Å². The van der Waals surface area contributed by atoms with Crippen molar-refractivity contribution < 1.29 is 25.0 Å². The Hall–Kier alpha value is -1.14. The van der Waals surface area contributed by atoms with Gasteiger partial charge in [0.25, 0.3) is 0 Å². The molecule has 12 heavy (non-hydrogen) atoms. The molecule has 0 rings (SSSR count). The summed E-state index contributed by atoms with van der Waals surface area (Å²) < 4.78 is 0. The molecule has 0 unspecified atom stereocenters. The molecule has 0 saturated heterocycles. The summed E-state index contributed by atoms with van der Waals surface area (Å²) in [4.78, 5) is 24.8. The summed E-state index contributed by atoms with van der Waals surface area (Å²) in [6, 6.07) is 0. The molecule has 6 nitrogen and oxygen atoms in total. The molecule has 0 spiro atoms. The molecule has 0 radical (unpaired) electrons. The van der Waals surface area contributed by atoms with Gasteiger partial charge in [0.1, 0.15) is 0 Å². The molecule has 0 aromatic rings. The lowest BCUT2D eigenvalue weighted by atomic mass is 10.6. The molecule has 0 fully saturated rings. The van der Waals surface area contributed by atoms with Gasteiger partial charge in [-0.2, -0.15) is 0 Å². The Labute approximate surface area is 70.0 Å². The van der Waals surface area contributed by atoms with Crippen LogP contribution >= 0.6 is 0 Å². The highest BCUT2D eigenvalue weighted by Crippen LogP contribution is 1.89. The third-order valence-electron chi connectivity index (χ3n) is 1.09. The first-order chi connectivity index (χ1) is 5.11. The molecule has 0 saturated carbocycles. The fourth-order valence-corrected chi connectivity index (χ4v) is 0.509. The largest absolute Gasteiger partial charge is 0.473 e. The molecule has 0 aliphatic carbocycles. The summed E-state index contributed by atoms with van der Waals surface area (Å²) in [5, 5.41) is 9.38. The van der Waals surface area contributed by atoms with Crippen LogP contribution < -0.4 is 0 Å². The van der Waals surface area contributed by atoms with Crippen molar-refractivity contribution in [1.29, 1.82) is 0 Å². The molecule has 0 amide bonds. The van der Waals surface area contributed by atoms with E-state index in [4.69, 9.17) is 5.11 Å². The van der Waals surface area contributed by atoms with Gasteiger partial charge in [-0.3, -0.25) is 0 Å². The molecule has 0 atom stereocenters. The van der Waals surface area contributed by atoms with Gasteiger partial charge >= 0.3 is 11.9 Å². The summed E-state index contributed by atoms with van der Waals surface area (Å²) in [6.45, 7) is 4.49. The van der Waals surface area contributed by atoms with Crippen LogP contribution in [0.4, 0.5) is 0 Å². The van der Waals surface area contributed by atoms with Gasteiger partial charge in [0.15, 0.2) is 0 Å². The van der Waals surface area contributed by atoms with Crippen molar-refractivity contribution in [2.45, 2.75) is 13.8 Å². The molecule has 0 heterocycles. The number of nitrogens with zero attached hydrogens (tertiary/aromatic N) is 1. The minimum Gasteiger partial charge on any atom is -0.473 e. The fraction of sp³-hybridized carbons (Fsp3) is 0.667. The van der Waals surface area contributed by atoms with E-state index in [1.165, 1.54) is 5.06 Å². The van der Waals surface area contributed by atoms with Crippen LogP contribution in [0.5, 0.6) is 0 Å². The SMILES string of the molecule is CCN(CC)OC(=O)C(=O)O.O. The Morgan fingerprint density at radius 2 is 1.75 bits per heavy atom. The Kier molecular flexibility index (Phi) is 7.36. The Balaban J connectivity index is 0. The Morgan fingerprint density at radius 1 is 1.33 bits per heavy atom. The number of carbonyl (C=O) groups is 2. The first-order valence-electron chi connectivity index (χ1n) is 3.32. The molecule has 6 heteroatoms. The van der Waals surface area contributed by atoms with E-state index in [9.17, 15) is 9.59 Å². The maximum absolute atomic E-state index is 10.4. The van der Waals surface area contributed by atoms with Crippen molar-refractivity contribution in [3.8, 4) is 0 Å². The second-order valence-corrected chi connectivity index (χ2v) is 1.80. The summed E-state index contributed by atoms with van der Waals surface area (Å²) in [5.74, 6) is -2.81. The van der Waals surface area contributed by atoms with Crippen LogP contribution in [0.2, 0.25) is 0 Å². The lowest BCUT2D eigenvalue weighted by Crippen LogP contribution is -2.30. The minimum atomic E-state index is -1.57. The quantitative estimate of drug-likeness (QED) is 0.444. The Morgan fingerprint density at radius 3 is 2.00 bits per heavy atom. The van der Waals surface area contributed by atoms with E-state index < -0.39 is 11.9 Å². The number of carboxylic acid groups (broad SMARTS) is 1. The lowest BCUT2D eigenvalue weighted by Gasteiger charge is -2.14. The topological polar surface area (TPSA) is 98.3 Å². The molecule has 0 aromatic heterocycles. The predicted octanol–water partition coefficient (Wildman–Crippen LogP) is -0.954.